The van der Waals surface area contributed by atoms with Crippen molar-refractivity contribution in [2.45, 2.75) is 127 Å². The molecule has 0 radical (unpaired) electrons. The number of carbonyl (C=O) groups excluding carboxylic acids is 13. The number of aromatic amines is 2. The van der Waals surface area contributed by atoms with E-state index in [0.717, 1.165) is 21.2 Å². The predicted octanol–water partition coefficient (Wildman–Crippen LogP) is -9.61. The van der Waals surface area contributed by atoms with E-state index in [4.69, 9.17) is 5.73 Å². The van der Waals surface area contributed by atoms with Gasteiger partial charge in [0.1, 0.15) is 30.2 Å². The minimum Gasteiger partial charge on any atom is -0.480 e. The summed E-state index contributed by atoms with van der Waals surface area (Å²) in [6.07, 6.45) is 7.27. The first-order valence-corrected chi connectivity index (χ1v) is 34.1. The zero-order valence-corrected chi connectivity index (χ0v) is 58.7. The minimum atomic E-state index is -1.69. The summed E-state index contributed by atoms with van der Waals surface area (Å²) < 4.78 is 0. The average Bonchev–Trinajstić information content (AvgIpc) is 1.88. The quantitative estimate of drug-likeness (QED) is 0.0274. The van der Waals surface area contributed by atoms with Crippen LogP contribution in [0.1, 0.15) is 89.4 Å². The molecule has 3 rings (SSSR count). The third kappa shape index (κ3) is 40.6. The van der Waals surface area contributed by atoms with Crippen molar-refractivity contribution < 1.29 is 102 Å². The number of piperazine rings is 1. The van der Waals surface area contributed by atoms with Crippen molar-refractivity contribution in [3.05, 3.63) is 36.4 Å². The molecule has 3 heterocycles. The number of primary amides is 1. The summed E-state index contributed by atoms with van der Waals surface area (Å²) in [5, 5.41) is 74.2. The maximum absolute atomic E-state index is 14.2. The Morgan fingerprint density at radius 2 is 0.867 bits per heavy atom. The zero-order valence-electron chi connectivity index (χ0n) is 58.7. The normalized spacial score (nSPS) is 14.0. The molecule has 1 aliphatic heterocycles. The summed E-state index contributed by atoms with van der Waals surface area (Å²) in [6.45, 7) is -1.68. The number of carboxylic acids is 4. The fourth-order valence-electron chi connectivity index (χ4n) is 9.96. The Morgan fingerprint density at radius 1 is 0.457 bits per heavy atom. The van der Waals surface area contributed by atoms with Gasteiger partial charge >= 0.3 is 23.9 Å². The summed E-state index contributed by atoms with van der Waals surface area (Å²) in [4.78, 5) is 233. The van der Waals surface area contributed by atoms with E-state index in [2.05, 4.69) is 94.4 Å². The molecule has 22 N–H and O–H groups in total. The van der Waals surface area contributed by atoms with Gasteiger partial charge in [-0.2, -0.15) is 0 Å². The monoisotopic (exact) mass is 1490 g/mol. The molecule has 1 saturated heterocycles. The van der Waals surface area contributed by atoms with Crippen LogP contribution in [-0.4, -0.2) is 316 Å². The number of hydrogen-bond donors (Lipinski definition) is 21. The van der Waals surface area contributed by atoms with Crippen LogP contribution in [-0.2, 0) is 94.3 Å². The van der Waals surface area contributed by atoms with Crippen LogP contribution >= 0.6 is 0 Å². The van der Waals surface area contributed by atoms with E-state index < -0.39 is 171 Å². The molecule has 1 fully saturated rings. The van der Waals surface area contributed by atoms with Crippen molar-refractivity contribution in [3.63, 3.8) is 0 Å². The maximum atomic E-state index is 14.2. The Hall–Kier alpha value is -10.8. The molecule has 2 aromatic rings. The Labute approximate surface area is 603 Å². The molecule has 43 heteroatoms. The molecule has 1 aliphatic rings. The number of hydrogen-bond acceptors (Lipinski definition) is 24. The van der Waals surface area contributed by atoms with Gasteiger partial charge in [0, 0.05) is 141 Å². The molecule has 13 amide bonds. The number of unbranched alkanes of at least 4 members (excludes halogenated alkanes) is 2. The number of amides is 13. The second kappa shape index (κ2) is 49.8. The fourth-order valence-corrected chi connectivity index (χ4v) is 9.96. The molecular formula is C62H100N22O21. The van der Waals surface area contributed by atoms with E-state index in [1.54, 1.807) is 12.4 Å². The van der Waals surface area contributed by atoms with E-state index in [-0.39, 0.29) is 128 Å². The number of aromatic nitrogens is 4. The van der Waals surface area contributed by atoms with Crippen LogP contribution in [0, 0.1) is 0 Å². The molecule has 0 bridgehead atoms. The maximum Gasteiger partial charge on any atom is 0.317 e. The van der Waals surface area contributed by atoms with Crippen molar-refractivity contribution in [1.82, 2.24) is 109 Å². The molecular weight excluding hydrogens is 1390 g/mol. The van der Waals surface area contributed by atoms with Crippen LogP contribution in [0.4, 0.5) is 0 Å². The van der Waals surface area contributed by atoms with Gasteiger partial charge in [0.2, 0.25) is 76.8 Å². The Morgan fingerprint density at radius 3 is 1.30 bits per heavy atom. The molecule has 6 atom stereocenters. The third-order valence-electron chi connectivity index (χ3n) is 15.6. The molecule has 105 heavy (non-hydrogen) atoms. The smallest absolute Gasteiger partial charge is 0.317 e. The molecule has 584 valence electrons. The predicted molar refractivity (Wildman–Crippen MR) is 367 cm³/mol. The standard InChI is InChI=1S/C62H100N22O21/c1-38(58(101)80-42(57(63)100)7-3-5-15-68-50(89)29-72-48(87)11-9-46(85)70-17-13-40-25-65-36-75-40)77-61(104)43(8-4-6-16-69-51(90)30-73-49(88)12-10-47(86)71-18-14-41-26-66-37-76-41)81-59(102)39(2)78-62(105)45(28-74-60(103)44-27-64-19-20-67-44)79-52(91)31-83(33-54(94)95)23-21-82(32-53(92)93)22-24-84(34-55(96)97)35-56(98)99/h25-26,36-39,42-45,64,67H,3-24,27-35H2,1-2H3,(H2,63,100)(H,65,75)(H,66,76)(H,68,89)(H,69,90)(H,70,85)(H,71,86)(H,72,87)(H,73,88)(H,74,103)(H,77,104)(H,78,105)(H,79,91)(H,80,101)(H,81,102)(H,92,93)(H,94,95)(H,96,97)(H,98,99)/t38-,39-,42-,43-,44?,45+/m1/s1. The fraction of sp³-hybridized carbons (Fsp3) is 0.629. The lowest BCUT2D eigenvalue weighted by Crippen LogP contribution is -2.61. The Balaban J connectivity index is 1.69. The summed E-state index contributed by atoms with van der Waals surface area (Å²) in [5.74, 6) is -14.9. The number of nitrogens with zero attached hydrogens (tertiary/aromatic N) is 5. The first-order chi connectivity index (χ1) is 50.0. The van der Waals surface area contributed by atoms with Crippen molar-refractivity contribution in [3.8, 4) is 0 Å². The van der Waals surface area contributed by atoms with Crippen molar-refractivity contribution in [2.75, 3.05) is 124 Å². The SMILES string of the molecule is C[C@@H](NC(=O)[C@H](CNC(=O)C1CNCCN1)NC(=O)CN(CCN(CCN(CC(=O)O)CC(=O)O)CC(=O)O)CC(=O)O)C(=O)N[C@H](CCCCNC(=O)CNC(=O)CCC(=O)NCCc1cnc[nH]1)C(=O)N[C@H](C)C(=O)N[C@H](CCCCNC(=O)CNC(=O)CCC(=O)NCCc1cnc[nH]1)C(N)=O. The number of H-pyrrole nitrogens is 2. The molecule has 2 aromatic heterocycles. The van der Waals surface area contributed by atoms with E-state index in [9.17, 15) is 102 Å². The van der Waals surface area contributed by atoms with Gasteiger partial charge in [0.05, 0.1) is 64.5 Å². The minimum absolute atomic E-state index is 0.00271. The highest BCUT2D eigenvalue weighted by atomic mass is 16.4. The van der Waals surface area contributed by atoms with Crippen LogP contribution in [0.15, 0.2) is 25.0 Å². The highest BCUT2D eigenvalue weighted by molar-refractivity contribution is 5.97. The number of nitrogens with two attached hydrogens (primary N) is 1. The van der Waals surface area contributed by atoms with Gasteiger partial charge in [-0.05, 0) is 52.4 Å². The second-order valence-electron chi connectivity index (χ2n) is 24.4. The number of imidazole rings is 2. The molecule has 0 aromatic carbocycles. The largest absolute Gasteiger partial charge is 0.480 e. The van der Waals surface area contributed by atoms with Gasteiger partial charge in [-0.3, -0.25) is 96.2 Å². The summed E-state index contributed by atoms with van der Waals surface area (Å²) >= 11 is 0. The van der Waals surface area contributed by atoms with E-state index in [1.165, 1.54) is 31.4 Å². The Bertz CT molecular complexity index is 3180. The first-order valence-electron chi connectivity index (χ1n) is 34.1. The number of aliphatic carboxylic acids is 4. The number of rotatable bonds is 55. The Kier molecular flexibility index (Phi) is 41.9. The molecule has 1 unspecified atom stereocenters. The van der Waals surface area contributed by atoms with Gasteiger partial charge in [0.25, 0.3) is 0 Å². The number of carboxylic acid groups (broad SMARTS) is 4. The third-order valence-corrected chi connectivity index (χ3v) is 15.6. The van der Waals surface area contributed by atoms with E-state index >= 15 is 0 Å². The van der Waals surface area contributed by atoms with Crippen LogP contribution in [0.25, 0.3) is 0 Å². The number of nitrogens with one attached hydrogen (secondary N) is 16. The molecule has 0 aliphatic carbocycles. The molecule has 0 saturated carbocycles. The van der Waals surface area contributed by atoms with E-state index in [1.807, 2.05) is 0 Å². The lowest BCUT2D eigenvalue weighted by molar-refractivity contribution is -0.143. The molecule has 0 spiro atoms. The topological polar surface area (TPSA) is 633 Å². The summed E-state index contributed by atoms with van der Waals surface area (Å²) in [5.41, 5.74) is 7.26. The first kappa shape index (κ1) is 88.4. The van der Waals surface area contributed by atoms with Gasteiger partial charge in [-0.1, -0.05) is 0 Å². The van der Waals surface area contributed by atoms with Gasteiger partial charge in [-0.25, -0.2) is 9.97 Å². The van der Waals surface area contributed by atoms with Crippen molar-refractivity contribution in [2.24, 2.45) is 5.73 Å². The van der Waals surface area contributed by atoms with Crippen LogP contribution < -0.4 is 80.2 Å². The van der Waals surface area contributed by atoms with Gasteiger partial charge in [0.15, 0.2) is 0 Å². The highest BCUT2D eigenvalue weighted by Gasteiger charge is 2.32. The molecule has 43 nitrogen and oxygen atoms in total. The lowest BCUT2D eigenvalue weighted by atomic mass is 10.1. The number of carbonyl (C=O) groups is 17. The lowest BCUT2D eigenvalue weighted by Gasteiger charge is -2.28. The highest BCUT2D eigenvalue weighted by Crippen LogP contribution is 2.07. The van der Waals surface area contributed by atoms with Crippen molar-refractivity contribution >= 4 is 101 Å². The summed E-state index contributed by atoms with van der Waals surface area (Å²) in [6, 6.07) is -8.16. The second-order valence-corrected chi connectivity index (χ2v) is 24.4. The van der Waals surface area contributed by atoms with Crippen LogP contribution in [0.5, 0.6) is 0 Å². The summed E-state index contributed by atoms with van der Waals surface area (Å²) in [7, 11) is 0. The zero-order chi connectivity index (χ0) is 77.6. The van der Waals surface area contributed by atoms with Crippen molar-refractivity contribution in [1.29, 1.82) is 0 Å². The van der Waals surface area contributed by atoms with Crippen LogP contribution in [0.3, 0.4) is 0 Å². The van der Waals surface area contributed by atoms with Gasteiger partial charge < -0.3 is 111 Å². The van der Waals surface area contributed by atoms with E-state index in [0.29, 0.717) is 39.0 Å². The average molecular weight is 1490 g/mol. The van der Waals surface area contributed by atoms with Gasteiger partial charge in [-0.15, -0.1) is 0 Å². The van der Waals surface area contributed by atoms with Crippen LogP contribution in [0.2, 0.25) is 0 Å².